The van der Waals surface area contributed by atoms with Gasteiger partial charge in [0.05, 0.1) is 37.6 Å². The van der Waals surface area contributed by atoms with E-state index in [1.165, 1.54) is 38.5 Å². The summed E-state index contributed by atoms with van der Waals surface area (Å²) in [6.45, 7) is 0. The Morgan fingerprint density at radius 3 is 2.55 bits per heavy atom. The number of amidine groups is 1. The zero-order valence-corrected chi connectivity index (χ0v) is 16.8. The van der Waals surface area contributed by atoms with Crippen molar-refractivity contribution in [1.29, 1.82) is 0 Å². The lowest BCUT2D eigenvalue weighted by Gasteiger charge is -2.26. The molecule has 29 heavy (non-hydrogen) atoms. The molecule has 152 valence electrons. The Morgan fingerprint density at radius 1 is 1.14 bits per heavy atom. The van der Waals surface area contributed by atoms with Crippen LogP contribution in [0.15, 0.2) is 51.8 Å². The van der Waals surface area contributed by atoms with Crippen molar-refractivity contribution < 1.29 is 27.5 Å². The van der Waals surface area contributed by atoms with E-state index in [4.69, 9.17) is 4.74 Å². The molecule has 9 nitrogen and oxygen atoms in total. The summed E-state index contributed by atoms with van der Waals surface area (Å²) in [7, 11) is 0.413. The molecule has 0 bridgehead atoms. The lowest BCUT2D eigenvalue weighted by Crippen LogP contribution is -2.35. The van der Waals surface area contributed by atoms with Crippen molar-refractivity contribution in [3.63, 3.8) is 0 Å². The van der Waals surface area contributed by atoms with Crippen molar-refractivity contribution in [3.8, 4) is 5.75 Å². The smallest absolute Gasteiger partial charge is 0.337 e. The molecular weight excluding hydrogens is 398 g/mol. The van der Waals surface area contributed by atoms with Crippen molar-refractivity contribution in [1.82, 2.24) is 0 Å². The summed E-state index contributed by atoms with van der Waals surface area (Å²) >= 11 is 0. The first kappa shape index (κ1) is 20.3. The maximum atomic E-state index is 12.6. The fraction of sp³-hybridized carbons (Fsp3) is 0.211. The number of para-hydroxylation sites is 1. The van der Waals surface area contributed by atoms with Crippen molar-refractivity contribution in [2.75, 3.05) is 31.5 Å². The number of sulfonamides is 1. The number of ether oxygens (including phenoxy) is 2. The van der Waals surface area contributed by atoms with Crippen molar-refractivity contribution in [3.05, 3.63) is 48.0 Å². The Morgan fingerprint density at radius 2 is 1.86 bits per heavy atom. The van der Waals surface area contributed by atoms with Gasteiger partial charge in [-0.2, -0.15) is 8.42 Å². The quantitative estimate of drug-likeness (QED) is 0.741. The minimum Gasteiger partial charge on any atom is -0.495 e. The summed E-state index contributed by atoms with van der Waals surface area (Å²) in [6.07, 6.45) is -0.296. The second-order valence-corrected chi connectivity index (χ2v) is 7.71. The normalized spacial score (nSPS) is 14.4. The average molecular weight is 417 g/mol. The number of hydrogen-bond acceptors (Lipinski definition) is 7. The SMILES string of the molecule is COC(=O)c1ccc(OC)c(NC(=O)CC2=NS(=O)(=O)c3ccccc3N2C)c1. The Labute approximate surface area is 168 Å². The number of rotatable bonds is 5. The van der Waals surface area contributed by atoms with Crippen LogP contribution in [0.4, 0.5) is 11.4 Å². The van der Waals surface area contributed by atoms with E-state index in [9.17, 15) is 18.0 Å². The number of hydrogen-bond donors (Lipinski definition) is 1. The highest BCUT2D eigenvalue weighted by molar-refractivity contribution is 7.90. The largest absolute Gasteiger partial charge is 0.495 e. The standard InChI is InChI=1S/C19H19N3O6S/c1-22-14-6-4-5-7-16(14)29(25,26)21-17(22)11-18(23)20-13-10-12(19(24)28-3)8-9-15(13)27-2/h4-10H,11H2,1-3H3,(H,20,23). The summed E-state index contributed by atoms with van der Waals surface area (Å²) in [4.78, 5) is 26.0. The number of esters is 1. The van der Waals surface area contributed by atoms with Crippen LogP contribution in [0, 0.1) is 0 Å². The van der Waals surface area contributed by atoms with Crippen molar-refractivity contribution in [2.45, 2.75) is 11.3 Å². The van der Waals surface area contributed by atoms with Gasteiger partial charge in [-0.3, -0.25) is 4.79 Å². The number of methoxy groups -OCH3 is 2. The molecule has 1 heterocycles. The van der Waals surface area contributed by atoms with E-state index in [2.05, 4.69) is 14.5 Å². The van der Waals surface area contributed by atoms with Gasteiger partial charge in [0.2, 0.25) is 5.91 Å². The second kappa shape index (κ2) is 7.92. The van der Waals surface area contributed by atoms with Gasteiger partial charge in [-0.25, -0.2) is 4.79 Å². The summed E-state index contributed by atoms with van der Waals surface area (Å²) in [5.74, 6) is -0.681. The number of carbonyl (C=O) groups excluding carboxylic acids is 2. The third-order valence-electron chi connectivity index (χ3n) is 4.33. The lowest BCUT2D eigenvalue weighted by atomic mass is 10.1. The second-order valence-electron chi connectivity index (χ2n) is 6.14. The first-order valence-electron chi connectivity index (χ1n) is 8.49. The van der Waals surface area contributed by atoms with Gasteiger partial charge < -0.3 is 19.7 Å². The summed E-state index contributed by atoms with van der Waals surface area (Å²) in [6, 6.07) is 10.9. The van der Waals surface area contributed by atoms with E-state index in [0.717, 1.165) is 0 Å². The molecule has 0 fully saturated rings. The van der Waals surface area contributed by atoms with E-state index in [1.807, 2.05) is 0 Å². The first-order chi connectivity index (χ1) is 13.8. The van der Waals surface area contributed by atoms with E-state index < -0.39 is 21.9 Å². The van der Waals surface area contributed by atoms with Crippen molar-refractivity contribution >= 4 is 39.1 Å². The van der Waals surface area contributed by atoms with E-state index >= 15 is 0 Å². The maximum Gasteiger partial charge on any atom is 0.337 e. The number of nitrogens with one attached hydrogen (secondary N) is 1. The third-order valence-corrected chi connectivity index (χ3v) is 5.68. The third kappa shape index (κ3) is 4.06. The van der Waals surface area contributed by atoms with Crippen LogP contribution < -0.4 is 15.0 Å². The van der Waals surface area contributed by atoms with Gasteiger partial charge in [0, 0.05) is 7.05 Å². The van der Waals surface area contributed by atoms with Gasteiger partial charge in [-0.05, 0) is 30.3 Å². The maximum absolute atomic E-state index is 12.6. The van der Waals surface area contributed by atoms with Crippen LogP contribution >= 0.6 is 0 Å². The zero-order valence-electron chi connectivity index (χ0n) is 16.0. The average Bonchev–Trinajstić information content (AvgIpc) is 2.71. The molecule has 2 aromatic rings. The Bertz CT molecular complexity index is 1110. The van der Waals surface area contributed by atoms with Gasteiger partial charge in [-0.15, -0.1) is 4.40 Å². The van der Waals surface area contributed by atoms with Gasteiger partial charge in [0.15, 0.2) is 0 Å². The summed E-state index contributed by atoms with van der Waals surface area (Å²) < 4.78 is 38.5. The number of benzene rings is 2. The molecule has 0 saturated heterocycles. The van der Waals surface area contributed by atoms with E-state index in [1.54, 1.807) is 30.1 Å². The minimum absolute atomic E-state index is 0.0734. The van der Waals surface area contributed by atoms with Crippen LogP contribution in [-0.2, 0) is 19.6 Å². The molecule has 1 aliphatic rings. The lowest BCUT2D eigenvalue weighted by molar-refractivity contribution is -0.115. The molecule has 0 radical (unpaired) electrons. The highest BCUT2D eigenvalue weighted by Crippen LogP contribution is 2.31. The molecule has 2 aromatic carbocycles. The number of carbonyl (C=O) groups is 2. The van der Waals surface area contributed by atoms with Crippen LogP contribution in [0.2, 0.25) is 0 Å². The molecule has 0 atom stereocenters. The molecule has 10 heteroatoms. The highest BCUT2D eigenvalue weighted by Gasteiger charge is 2.29. The fourth-order valence-corrected chi connectivity index (χ4v) is 4.16. The van der Waals surface area contributed by atoms with Crippen LogP contribution in [-0.4, -0.2) is 47.4 Å². The molecule has 3 rings (SSSR count). The minimum atomic E-state index is -3.90. The zero-order chi connectivity index (χ0) is 21.2. The molecule has 0 aliphatic carbocycles. The van der Waals surface area contributed by atoms with E-state index in [0.29, 0.717) is 11.4 Å². The first-order valence-corrected chi connectivity index (χ1v) is 9.93. The van der Waals surface area contributed by atoms with Gasteiger partial charge >= 0.3 is 5.97 Å². The predicted octanol–water partition coefficient (Wildman–Crippen LogP) is 2.05. The van der Waals surface area contributed by atoms with Gasteiger partial charge in [0.25, 0.3) is 10.0 Å². The Kier molecular flexibility index (Phi) is 5.55. The van der Waals surface area contributed by atoms with Crippen molar-refractivity contribution in [2.24, 2.45) is 4.40 Å². The fourth-order valence-electron chi connectivity index (χ4n) is 2.88. The molecule has 1 amide bonds. The monoisotopic (exact) mass is 417 g/mol. The molecule has 0 aromatic heterocycles. The van der Waals surface area contributed by atoms with Gasteiger partial charge in [-0.1, -0.05) is 12.1 Å². The topological polar surface area (TPSA) is 114 Å². The summed E-state index contributed by atoms with van der Waals surface area (Å²) in [5, 5.41) is 2.63. The van der Waals surface area contributed by atoms with Crippen LogP contribution in [0.1, 0.15) is 16.8 Å². The van der Waals surface area contributed by atoms with Crippen LogP contribution in [0.3, 0.4) is 0 Å². The molecule has 0 saturated carbocycles. The molecule has 0 spiro atoms. The molecule has 1 aliphatic heterocycles. The molecule has 1 N–H and O–H groups in total. The number of anilines is 2. The van der Waals surface area contributed by atoms with Gasteiger partial charge in [0.1, 0.15) is 16.5 Å². The molecule has 0 unspecified atom stereocenters. The number of amides is 1. The Hall–Kier alpha value is -3.40. The summed E-state index contributed by atoms with van der Waals surface area (Å²) in [5.41, 5.74) is 0.922. The van der Waals surface area contributed by atoms with Crippen LogP contribution in [0.5, 0.6) is 5.75 Å². The predicted molar refractivity (Wildman–Crippen MR) is 107 cm³/mol. The Balaban J connectivity index is 1.85. The van der Waals surface area contributed by atoms with E-state index in [-0.39, 0.29) is 28.4 Å². The van der Waals surface area contributed by atoms with Crippen LogP contribution in [0.25, 0.3) is 0 Å². The number of nitrogens with zero attached hydrogens (tertiary/aromatic N) is 2. The number of fused-ring (bicyclic) bond motifs is 1. The highest BCUT2D eigenvalue weighted by atomic mass is 32.2. The molecular formula is C19H19N3O6S.